The molecule has 0 aromatic carbocycles. The molecule has 0 aliphatic heterocycles. The molecule has 0 aliphatic rings. The van der Waals surface area contributed by atoms with Gasteiger partial charge in [-0.2, -0.15) is 0 Å². The minimum atomic E-state index is 0.0417. The second-order valence-electron chi connectivity index (χ2n) is 1.53. The van der Waals surface area contributed by atoms with Gasteiger partial charge in [0.15, 0.2) is 0 Å². The Balaban J connectivity index is 0.000000236. The molecular weight excluding hydrogens is 270 g/mol. The highest BCUT2D eigenvalue weighted by Gasteiger charge is 1.74. The summed E-state index contributed by atoms with van der Waals surface area (Å²) in [5.41, 5.74) is 1.09. The molecule has 0 fully saturated rings. The quantitative estimate of drug-likeness (QED) is 0.663. The molecule has 1 nitrogen and oxygen atoms in total. The molecule has 0 atom stereocenters. The topological polar surface area (TPSA) is 12.9 Å². The van der Waals surface area contributed by atoms with Crippen LogP contribution in [0.25, 0.3) is 0 Å². The van der Waals surface area contributed by atoms with Crippen LogP contribution in [0.2, 0.25) is 0 Å². The van der Waals surface area contributed by atoms with Gasteiger partial charge in [-0.15, -0.1) is 0 Å². The number of hydrogen-bond acceptors (Lipinski definition) is 1. The maximum Gasteiger partial charge on any atom is 0.560 e. The summed E-state index contributed by atoms with van der Waals surface area (Å²) in [7, 11) is 0. The molecule has 1 radical (unpaired) electrons. The van der Waals surface area contributed by atoms with Crippen LogP contribution in [0.4, 0.5) is 0 Å². The highest BCUT2D eigenvalue weighted by Crippen LogP contribution is 1.87. The molecule has 0 bridgehead atoms. The number of halogens is 2. The number of hydrogen-bond donors (Lipinski definition) is 0. The van der Waals surface area contributed by atoms with Crippen molar-refractivity contribution in [1.29, 1.82) is 0 Å². The van der Waals surface area contributed by atoms with Gasteiger partial charge in [0.05, 0.1) is 6.20 Å². The molecule has 51 valence electrons. The third kappa shape index (κ3) is 6.99. The fourth-order valence-corrected chi connectivity index (χ4v) is 0.407. The average Bonchev–Trinajstić information content (AvgIpc) is 1.91. The summed E-state index contributed by atoms with van der Waals surface area (Å²) in [6.07, 6.45) is 4.50. The molecule has 0 saturated carbocycles. The molecule has 0 amide bonds. The van der Waals surface area contributed by atoms with E-state index in [1.165, 1.54) is 0 Å². The van der Waals surface area contributed by atoms with Crippen LogP contribution in [0.1, 0.15) is 5.56 Å². The van der Waals surface area contributed by atoms with Gasteiger partial charge in [0.2, 0.25) is 0 Å². The monoisotopic (exact) mass is 274 g/mol. The van der Waals surface area contributed by atoms with Gasteiger partial charge in [0, 0.05) is 6.20 Å². The Hall–Kier alpha value is 0.876. The lowest BCUT2D eigenvalue weighted by Gasteiger charge is -1.80. The van der Waals surface area contributed by atoms with Crippen molar-refractivity contribution in [3.63, 3.8) is 0 Å². The van der Waals surface area contributed by atoms with Crippen LogP contribution in [0.5, 0.6) is 0 Å². The van der Waals surface area contributed by atoms with Crippen LogP contribution in [0, 0.1) is 13.1 Å². The molecule has 0 spiro atoms. The van der Waals surface area contributed by atoms with E-state index in [9.17, 15) is 0 Å². The molecule has 0 unspecified atom stereocenters. The van der Waals surface area contributed by atoms with Crippen molar-refractivity contribution in [2.24, 2.45) is 0 Å². The lowest BCUT2D eigenvalue weighted by atomic mass is 10.3. The molecule has 1 aromatic rings. The molecule has 0 N–H and O–H groups in total. The highest BCUT2D eigenvalue weighted by atomic mass is 79.9. The summed E-state index contributed by atoms with van der Waals surface area (Å²) in [6, 6.07) is 3.86. The first-order valence-corrected chi connectivity index (χ1v) is 10.5. The number of rotatable bonds is 0. The van der Waals surface area contributed by atoms with Crippen molar-refractivity contribution >= 4 is 41.8 Å². The Morgan fingerprint density at radius 2 is 2.20 bits per heavy atom. The molecule has 0 saturated heterocycles. The van der Waals surface area contributed by atoms with Crippen molar-refractivity contribution in [2.45, 2.75) is 6.92 Å². The minimum Gasteiger partial charge on any atom is -0.280 e. The number of aryl methyl sites for hydroxylation is 1. The van der Waals surface area contributed by atoms with Gasteiger partial charge in [0.1, 0.15) is 0 Å². The van der Waals surface area contributed by atoms with Gasteiger partial charge in [-0.3, -0.25) is 30.8 Å². The first-order chi connectivity index (χ1) is 4.81. The number of pyridine rings is 1. The first kappa shape index (κ1) is 10.9. The van der Waals surface area contributed by atoms with E-state index in [-0.39, 0.29) is 16.0 Å². The van der Waals surface area contributed by atoms with Gasteiger partial charge in [-0.25, -0.2) is 0 Å². The number of aromatic nitrogens is 1. The van der Waals surface area contributed by atoms with Crippen LogP contribution < -0.4 is 0 Å². The minimum absolute atomic E-state index is 0.0417. The van der Waals surface area contributed by atoms with Gasteiger partial charge in [-0.1, -0.05) is 6.07 Å². The molecule has 1 aromatic heterocycles. The van der Waals surface area contributed by atoms with E-state index in [4.69, 9.17) is 0 Å². The fraction of sp³-hybridized carbons (Fsp3) is 0.167. The van der Waals surface area contributed by atoms with Crippen molar-refractivity contribution in [1.82, 2.24) is 4.98 Å². The van der Waals surface area contributed by atoms with Crippen LogP contribution in [0.3, 0.4) is 0 Å². The van der Waals surface area contributed by atoms with Crippen molar-refractivity contribution < 1.29 is 0 Å². The smallest absolute Gasteiger partial charge is 0.280 e. The van der Waals surface area contributed by atoms with E-state index in [1.54, 1.807) is 6.20 Å². The van der Waals surface area contributed by atoms with Crippen molar-refractivity contribution in [2.75, 3.05) is 0 Å². The summed E-state index contributed by atoms with van der Waals surface area (Å²) in [5, 5.41) is 0. The molecule has 1 heterocycles. The molecule has 1 rings (SSSR count). The highest BCUT2D eigenvalue weighted by molar-refractivity contribution is 9.47. The number of nitrogens with zero attached hydrogens (tertiary/aromatic N) is 1. The third-order valence-electron chi connectivity index (χ3n) is 0.748. The predicted octanol–water partition coefficient (Wildman–Crippen LogP) is 2.50. The second-order valence-corrected chi connectivity index (χ2v) is 9.61. The normalized spacial score (nSPS) is 7.10. The maximum absolute atomic E-state index is 3.76. The molecular formula is C6H6Br2MgN. The third-order valence-corrected chi connectivity index (χ3v) is 0.748. The maximum atomic E-state index is 3.76. The van der Waals surface area contributed by atoms with E-state index < -0.39 is 0 Å². The Morgan fingerprint density at radius 3 is 2.40 bits per heavy atom. The zero-order chi connectivity index (χ0) is 7.82. The zero-order valence-electron chi connectivity index (χ0n) is 5.64. The van der Waals surface area contributed by atoms with Crippen LogP contribution in [0.15, 0.2) is 18.3 Å². The standard InChI is InChI=1S/C6H6N.2BrH.Mg/c1-6-3-2-4-7-5-6;;;/h2-4H,1H3;2*1H;/q;;;+2/p-2. The van der Waals surface area contributed by atoms with Crippen LogP contribution in [-0.2, 0) is 0 Å². The van der Waals surface area contributed by atoms with E-state index >= 15 is 0 Å². The second kappa shape index (κ2) is 7.98. The van der Waals surface area contributed by atoms with Crippen molar-refractivity contribution in [3.05, 3.63) is 30.1 Å². The average molecular weight is 276 g/mol. The predicted molar refractivity (Wildman–Crippen MR) is 51.4 cm³/mol. The molecule has 4 heteroatoms. The summed E-state index contributed by atoms with van der Waals surface area (Å²) in [4.78, 5) is 3.76. The van der Waals surface area contributed by atoms with Gasteiger partial charge in [-0.05, 0) is 18.6 Å². The van der Waals surface area contributed by atoms with Gasteiger partial charge in [0.25, 0.3) is 0 Å². The van der Waals surface area contributed by atoms with E-state index in [0.29, 0.717) is 0 Å². The lowest BCUT2D eigenvalue weighted by Crippen LogP contribution is -1.70. The van der Waals surface area contributed by atoms with Crippen LogP contribution in [-0.4, -0.2) is 21.0 Å². The van der Waals surface area contributed by atoms with Gasteiger partial charge >= 0.3 is 16.0 Å². The molecule has 0 aliphatic carbocycles. The summed E-state index contributed by atoms with van der Waals surface area (Å²) in [6.45, 7) is 1.97. The SMILES string of the molecule is Cc1[c]nccc1.[Br][Mg][Br]. The Labute approximate surface area is 83.1 Å². The first-order valence-electron chi connectivity index (χ1n) is 2.72. The molecule has 10 heavy (non-hydrogen) atoms. The summed E-state index contributed by atoms with van der Waals surface area (Å²) in [5.74, 6) is 0. The van der Waals surface area contributed by atoms with E-state index in [2.05, 4.69) is 36.9 Å². The Kier molecular flexibility index (Phi) is 8.68. The van der Waals surface area contributed by atoms with Crippen LogP contribution >= 0.6 is 25.8 Å². The van der Waals surface area contributed by atoms with E-state index in [0.717, 1.165) is 5.56 Å². The Morgan fingerprint density at radius 1 is 1.60 bits per heavy atom. The summed E-state index contributed by atoms with van der Waals surface area (Å²) >= 11 is 6.44. The zero-order valence-corrected chi connectivity index (χ0v) is 10.2. The summed E-state index contributed by atoms with van der Waals surface area (Å²) < 4.78 is 0. The fourth-order valence-electron chi connectivity index (χ4n) is 0.407. The Bertz CT molecular complexity index is 157. The van der Waals surface area contributed by atoms with Gasteiger partial charge < -0.3 is 0 Å². The lowest BCUT2D eigenvalue weighted by molar-refractivity contribution is 1.25. The van der Waals surface area contributed by atoms with E-state index in [1.807, 2.05) is 19.1 Å². The largest absolute Gasteiger partial charge is 0.560 e. The van der Waals surface area contributed by atoms with Crippen molar-refractivity contribution in [3.8, 4) is 0 Å².